The number of nitrogens with zero attached hydrogens (tertiary/aromatic N) is 3. The van der Waals surface area contributed by atoms with Crippen LogP contribution >= 0.6 is 0 Å². The van der Waals surface area contributed by atoms with Gasteiger partial charge in [-0.25, -0.2) is 4.98 Å². The van der Waals surface area contributed by atoms with Gasteiger partial charge in [0.25, 0.3) is 0 Å². The number of rotatable bonds is 5. The first-order valence-electron chi connectivity index (χ1n) is 7.32. The highest BCUT2D eigenvalue weighted by Crippen LogP contribution is 2.33. The molecule has 0 unspecified atom stereocenters. The first-order valence-corrected chi connectivity index (χ1v) is 7.32. The summed E-state index contributed by atoms with van der Waals surface area (Å²) in [6, 6.07) is 10.3. The molecule has 26 heavy (non-hydrogen) atoms. The number of aromatic nitrogens is 3. The van der Waals surface area contributed by atoms with Crippen LogP contribution in [0, 0.1) is 11.3 Å². The van der Waals surface area contributed by atoms with Crippen molar-refractivity contribution in [1.82, 2.24) is 15.2 Å². The third kappa shape index (κ3) is 3.37. The minimum absolute atomic E-state index is 0.0178. The zero-order valence-electron chi connectivity index (χ0n) is 13.1. The van der Waals surface area contributed by atoms with Crippen LogP contribution in [0.4, 0.5) is 8.78 Å². The molecule has 2 heterocycles. The molecule has 132 valence electrons. The van der Waals surface area contributed by atoms with E-state index in [4.69, 9.17) is 5.26 Å². The summed E-state index contributed by atoms with van der Waals surface area (Å²) in [6.07, 6.45) is 2.46. The topological polar surface area (TPSA) is 115 Å². The van der Waals surface area contributed by atoms with Crippen molar-refractivity contribution in [2.45, 2.75) is 12.4 Å². The van der Waals surface area contributed by atoms with Crippen LogP contribution in [-0.4, -0.2) is 32.0 Å². The summed E-state index contributed by atoms with van der Waals surface area (Å²) in [5.74, 6) is -2.76. The Kier molecular flexibility index (Phi) is 4.62. The van der Waals surface area contributed by atoms with E-state index in [2.05, 4.69) is 19.9 Å². The van der Waals surface area contributed by atoms with Gasteiger partial charge >= 0.3 is 6.61 Å². The number of ether oxygens (including phenoxy) is 1. The summed E-state index contributed by atoms with van der Waals surface area (Å²) >= 11 is 0. The average molecular weight is 358 g/mol. The van der Waals surface area contributed by atoms with Gasteiger partial charge in [-0.05, 0) is 24.3 Å². The van der Waals surface area contributed by atoms with Crippen LogP contribution in [0.2, 0.25) is 0 Å². The summed E-state index contributed by atoms with van der Waals surface area (Å²) in [5.41, 5.74) is 0.328. The molecule has 9 heteroatoms. The monoisotopic (exact) mass is 358 g/mol. The van der Waals surface area contributed by atoms with Crippen LogP contribution in [0.3, 0.4) is 0 Å². The van der Waals surface area contributed by atoms with Gasteiger partial charge in [0.15, 0.2) is 5.75 Å². The fourth-order valence-corrected chi connectivity index (χ4v) is 2.36. The molecule has 0 saturated heterocycles. The molecule has 7 nitrogen and oxygen atoms in total. The summed E-state index contributed by atoms with van der Waals surface area (Å²) < 4.78 is 29.9. The standard InChI is InChI=1S/C17H12F2N4O3/c18-16(19)26-13-4-5-14(17(24,25)12-8-21-22-9-12)23-15(13)11-3-1-2-10(6-11)7-20/h1-6,8-9,16,24-25H,(H,21,22). The zero-order chi connectivity index (χ0) is 18.7. The first-order chi connectivity index (χ1) is 12.4. The number of pyridine rings is 1. The van der Waals surface area contributed by atoms with Crippen molar-refractivity contribution in [3.05, 3.63) is 65.6 Å². The molecule has 0 aliphatic carbocycles. The lowest BCUT2D eigenvalue weighted by Crippen LogP contribution is -2.27. The number of aliphatic hydroxyl groups is 2. The van der Waals surface area contributed by atoms with Crippen LogP contribution in [0.25, 0.3) is 11.3 Å². The van der Waals surface area contributed by atoms with E-state index >= 15 is 0 Å². The van der Waals surface area contributed by atoms with Crippen LogP contribution in [0.15, 0.2) is 48.8 Å². The van der Waals surface area contributed by atoms with Gasteiger partial charge in [-0.2, -0.15) is 19.1 Å². The van der Waals surface area contributed by atoms with Gasteiger partial charge in [0.1, 0.15) is 11.4 Å². The second kappa shape index (κ2) is 6.87. The molecule has 0 spiro atoms. The van der Waals surface area contributed by atoms with E-state index in [0.717, 1.165) is 12.1 Å². The maximum atomic E-state index is 12.7. The van der Waals surface area contributed by atoms with Crippen LogP contribution < -0.4 is 4.74 Å². The molecule has 0 amide bonds. The summed E-state index contributed by atoms with van der Waals surface area (Å²) in [6.45, 7) is -3.09. The Hall–Kier alpha value is -3.35. The number of halogens is 2. The lowest BCUT2D eigenvalue weighted by Gasteiger charge is -2.21. The Balaban J connectivity index is 2.15. The van der Waals surface area contributed by atoms with Gasteiger partial charge in [-0.1, -0.05) is 12.1 Å². The van der Waals surface area contributed by atoms with Crippen LogP contribution in [0.5, 0.6) is 5.75 Å². The molecule has 2 aromatic heterocycles. The molecule has 0 atom stereocenters. The van der Waals surface area contributed by atoms with Crippen molar-refractivity contribution < 1.29 is 23.7 Å². The van der Waals surface area contributed by atoms with E-state index in [1.165, 1.54) is 24.5 Å². The van der Waals surface area contributed by atoms with E-state index in [-0.39, 0.29) is 28.3 Å². The number of hydrogen-bond acceptors (Lipinski definition) is 6. The summed E-state index contributed by atoms with van der Waals surface area (Å²) in [5, 5.41) is 35.9. The molecule has 0 saturated carbocycles. The Morgan fingerprint density at radius 3 is 2.69 bits per heavy atom. The first kappa shape index (κ1) is 17.5. The van der Waals surface area contributed by atoms with E-state index in [0.29, 0.717) is 5.56 Å². The van der Waals surface area contributed by atoms with E-state index in [1.807, 2.05) is 6.07 Å². The highest BCUT2D eigenvalue weighted by molar-refractivity contribution is 5.68. The fraction of sp³-hybridized carbons (Fsp3) is 0.118. The third-order valence-corrected chi connectivity index (χ3v) is 3.60. The highest BCUT2D eigenvalue weighted by atomic mass is 19.3. The molecular formula is C17H12F2N4O3. The van der Waals surface area contributed by atoms with E-state index < -0.39 is 12.4 Å². The second-order valence-corrected chi connectivity index (χ2v) is 5.27. The minimum Gasteiger partial charge on any atom is -0.432 e. The number of aromatic amines is 1. The van der Waals surface area contributed by atoms with Gasteiger partial charge < -0.3 is 14.9 Å². The van der Waals surface area contributed by atoms with Crippen molar-refractivity contribution in [2.24, 2.45) is 0 Å². The predicted molar refractivity (Wildman–Crippen MR) is 84.8 cm³/mol. The van der Waals surface area contributed by atoms with Gasteiger partial charge in [0.05, 0.1) is 23.4 Å². The number of nitrogens with one attached hydrogen (secondary N) is 1. The van der Waals surface area contributed by atoms with Gasteiger partial charge in [0, 0.05) is 11.8 Å². The zero-order valence-corrected chi connectivity index (χ0v) is 13.1. The van der Waals surface area contributed by atoms with Gasteiger partial charge in [0.2, 0.25) is 5.79 Å². The lowest BCUT2D eigenvalue weighted by atomic mass is 10.0. The molecule has 0 aliphatic heterocycles. The molecule has 0 bridgehead atoms. The number of benzene rings is 1. The quantitative estimate of drug-likeness (QED) is 0.602. The van der Waals surface area contributed by atoms with Crippen LogP contribution in [0.1, 0.15) is 16.8 Å². The van der Waals surface area contributed by atoms with Crippen molar-refractivity contribution in [2.75, 3.05) is 0 Å². The largest absolute Gasteiger partial charge is 0.432 e. The summed E-state index contributed by atoms with van der Waals surface area (Å²) in [4.78, 5) is 4.09. The Morgan fingerprint density at radius 2 is 2.04 bits per heavy atom. The molecule has 0 aliphatic rings. The Labute approximate surface area is 146 Å². The maximum absolute atomic E-state index is 12.7. The Bertz CT molecular complexity index is 953. The molecule has 3 N–H and O–H groups in total. The van der Waals surface area contributed by atoms with Gasteiger partial charge in [-0.3, -0.25) is 5.10 Å². The maximum Gasteiger partial charge on any atom is 0.387 e. The number of alkyl halides is 2. The van der Waals surface area contributed by atoms with Crippen molar-refractivity contribution >= 4 is 0 Å². The molecule has 3 rings (SSSR count). The number of hydrogen-bond donors (Lipinski definition) is 3. The Morgan fingerprint density at radius 1 is 1.23 bits per heavy atom. The minimum atomic E-state index is -3.09. The number of H-pyrrole nitrogens is 1. The average Bonchev–Trinajstić information content (AvgIpc) is 3.17. The van der Waals surface area contributed by atoms with Crippen molar-refractivity contribution in [1.29, 1.82) is 5.26 Å². The summed E-state index contributed by atoms with van der Waals surface area (Å²) in [7, 11) is 0. The van der Waals surface area contributed by atoms with Crippen LogP contribution in [-0.2, 0) is 5.79 Å². The molecule has 0 radical (unpaired) electrons. The third-order valence-electron chi connectivity index (χ3n) is 3.60. The van der Waals surface area contributed by atoms with Gasteiger partial charge in [-0.15, -0.1) is 0 Å². The molecule has 0 fully saturated rings. The lowest BCUT2D eigenvalue weighted by molar-refractivity contribution is -0.135. The molecule has 3 aromatic rings. The van der Waals surface area contributed by atoms with Crippen molar-refractivity contribution in [3.63, 3.8) is 0 Å². The SMILES string of the molecule is N#Cc1cccc(-c2nc(C(O)(O)c3cn[nH]c3)ccc2OC(F)F)c1. The van der Waals surface area contributed by atoms with Crippen molar-refractivity contribution in [3.8, 4) is 23.1 Å². The second-order valence-electron chi connectivity index (χ2n) is 5.27. The predicted octanol–water partition coefficient (Wildman–Crippen LogP) is 2.13. The normalized spacial score (nSPS) is 11.4. The van der Waals surface area contributed by atoms with E-state index in [9.17, 15) is 19.0 Å². The highest BCUT2D eigenvalue weighted by Gasteiger charge is 2.32. The van der Waals surface area contributed by atoms with E-state index in [1.54, 1.807) is 12.1 Å². The fourth-order valence-electron chi connectivity index (χ4n) is 2.36. The molecular weight excluding hydrogens is 346 g/mol. The molecule has 1 aromatic carbocycles. The smallest absolute Gasteiger partial charge is 0.387 e. The number of nitriles is 1.